The minimum absolute atomic E-state index is 0.0303. The van der Waals surface area contributed by atoms with Gasteiger partial charge in [-0.05, 0) is 61.4 Å². The molecule has 0 saturated heterocycles. The Hall–Kier alpha value is -2.23. The fourth-order valence-corrected chi connectivity index (χ4v) is 4.59. The zero-order valence-electron chi connectivity index (χ0n) is 16.4. The maximum Gasteiger partial charge on any atom is 0.251 e. The van der Waals surface area contributed by atoms with Crippen molar-refractivity contribution in [3.05, 3.63) is 58.6 Å². The van der Waals surface area contributed by atoms with E-state index in [2.05, 4.69) is 31.3 Å². The van der Waals surface area contributed by atoms with E-state index in [1.54, 1.807) is 36.4 Å². The van der Waals surface area contributed by atoms with Gasteiger partial charge in [-0.25, -0.2) is 13.1 Å². The molecule has 0 unspecified atom stereocenters. The lowest BCUT2D eigenvalue weighted by Crippen LogP contribution is -2.34. The monoisotopic (exact) mass is 493 g/mol. The summed E-state index contributed by atoms with van der Waals surface area (Å²) in [6.45, 7) is 0.217. The molecule has 9 heteroatoms. The highest BCUT2D eigenvalue weighted by atomic mass is 79.9. The molecule has 2 aromatic rings. The topological polar surface area (TPSA) is 104 Å². The summed E-state index contributed by atoms with van der Waals surface area (Å²) in [4.78, 5) is 24.6. The number of hydrogen-bond acceptors (Lipinski definition) is 4. The zero-order valence-corrected chi connectivity index (χ0v) is 18.8. The molecular weight excluding hydrogens is 470 g/mol. The van der Waals surface area contributed by atoms with Crippen LogP contribution < -0.4 is 15.4 Å². The Balaban J connectivity index is 1.44. The average Bonchev–Trinajstić information content (AvgIpc) is 3.27. The Bertz CT molecular complexity index is 986. The van der Waals surface area contributed by atoms with E-state index >= 15 is 0 Å². The number of benzene rings is 2. The van der Waals surface area contributed by atoms with Crippen LogP contribution in [-0.4, -0.2) is 33.3 Å². The Morgan fingerprint density at radius 2 is 1.57 bits per heavy atom. The summed E-state index contributed by atoms with van der Waals surface area (Å²) >= 11 is 3.26. The number of carbonyl (C=O) groups is 2. The fourth-order valence-electron chi connectivity index (χ4n) is 3.30. The van der Waals surface area contributed by atoms with Crippen molar-refractivity contribution in [3.63, 3.8) is 0 Å². The number of hydrogen-bond donors (Lipinski definition) is 3. The Labute approximate surface area is 184 Å². The molecule has 0 aromatic heterocycles. The highest BCUT2D eigenvalue weighted by molar-refractivity contribution is 9.10. The van der Waals surface area contributed by atoms with E-state index in [0.717, 1.165) is 30.2 Å². The number of halogens is 1. The SMILES string of the molecule is O=C(NCCNS(=O)(=O)c1ccc(Br)cc1)c1ccc(NC(=O)C2CCCC2)cc1. The van der Waals surface area contributed by atoms with Crippen LogP contribution in [0.4, 0.5) is 5.69 Å². The molecular formula is C21H24BrN3O4S. The van der Waals surface area contributed by atoms with Crippen LogP contribution in [0.2, 0.25) is 0 Å². The minimum Gasteiger partial charge on any atom is -0.351 e. The van der Waals surface area contributed by atoms with E-state index in [0.29, 0.717) is 11.3 Å². The molecule has 3 rings (SSSR count). The molecule has 30 heavy (non-hydrogen) atoms. The molecule has 1 aliphatic rings. The first-order valence-electron chi connectivity index (χ1n) is 9.79. The van der Waals surface area contributed by atoms with E-state index < -0.39 is 10.0 Å². The van der Waals surface area contributed by atoms with Gasteiger partial charge >= 0.3 is 0 Å². The van der Waals surface area contributed by atoms with Crippen LogP contribution in [0.15, 0.2) is 57.9 Å². The van der Waals surface area contributed by atoms with Crippen molar-refractivity contribution < 1.29 is 18.0 Å². The van der Waals surface area contributed by atoms with Gasteiger partial charge < -0.3 is 10.6 Å². The molecule has 2 amide bonds. The lowest BCUT2D eigenvalue weighted by atomic mass is 10.1. The number of sulfonamides is 1. The highest BCUT2D eigenvalue weighted by Gasteiger charge is 2.22. The largest absolute Gasteiger partial charge is 0.351 e. The Morgan fingerprint density at radius 1 is 0.933 bits per heavy atom. The molecule has 1 aliphatic carbocycles. The van der Waals surface area contributed by atoms with Gasteiger partial charge in [-0.1, -0.05) is 28.8 Å². The number of nitrogens with one attached hydrogen (secondary N) is 3. The standard InChI is InChI=1S/C21H24BrN3O4S/c22-17-7-11-19(12-8-17)30(28,29)24-14-13-23-20(26)16-5-9-18(10-6-16)25-21(27)15-3-1-2-4-15/h5-12,15,24H,1-4,13-14H2,(H,23,26)(H,25,27). The van der Waals surface area contributed by atoms with Crippen molar-refractivity contribution >= 4 is 43.5 Å². The number of carbonyl (C=O) groups excluding carboxylic acids is 2. The molecule has 0 spiro atoms. The molecule has 1 saturated carbocycles. The van der Waals surface area contributed by atoms with Crippen LogP contribution in [0.5, 0.6) is 0 Å². The van der Waals surface area contributed by atoms with Crippen molar-refractivity contribution in [3.8, 4) is 0 Å². The van der Waals surface area contributed by atoms with Crippen LogP contribution in [0.25, 0.3) is 0 Å². The second-order valence-corrected chi connectivity index (χ2v) is 9.84. The summed E-state index contributed by atoms with van der Waals surface area (Å²) in [5.74, 6) is -0.205. The van der Waals surface area contributed by atoms with Crippen molar-refractivity contribution in [2.24, 2.45) is 5.92 Å². The van der Waals surface area contributed by atoms with Crippen LogP contribution in [0.3, 0.4) is 0 Å². The van der Waals surface area contributed by atoms with Gasteiger partial charge in [0.05, 0.1) is 4.90 Å². The van der Waals surface area contributed by atoms with Gasteiger partial charge in [0, 0.05) is 34.7 Å². The molecule has 0 bridgehead atoms. The van der Waals surface area contributed by atoms with Gasteiger partial charge in [-0.2, -0.15) is 0 Å². The third-order valence-electron chi connectivity index (χ3n) is 4.97. The lowest BCUT2D eigenvalue weighted by Gasteiger charge is -2.11. The smallest absolute Gasteiger partial charge is 0.251 e. The van der Waals surface area contributed by atoms with Gasteiger partial charge in [0.25, 0.3) is 5.91 Å². The van der Waals surface area contributed by atoms with Crippen LogP contribution >= 0.6 is 15.9 Å². The summed E-state index contributed by atoms with van der Waals surface area (Å²) in [7, 11) is -3.63. The lowest BCUT2D eigenvalue weighted by molar-refractivity contribution is -0.119. The third kappa shape index (κ3) is 6.13. The normalized spacial score (nSPS) is 14.4. The van der Waals surface area contributed by atoms with Crippen molar-refractivity contribution in [2.75, 3.05) is 18.4 Å². The molecule has 3 N–H and O–H groups in total. The summed E-state index contributed by atoms with van der Waals surface area (Å²) in [5, 5.41) is 5.56. The fraction of sp³-hybridized carbons (Fsp3) is 0.333. The van der Waals surface area contributed by atoms with Crippen molar-refractivity contribution in [1.82, 2.24) is 10.0 Å². The van der Waals surface area contributed by atoms with E-state index in [1.165, 1.54) is 12.1 Å². The van der Waals surface area contributed by atoms with E-state index in [-0.39, 0.29) is 35.7 Å². The number of anilines is 1. The summed E-state index contributed by atoms with van der Waals surface area (Å²) in [6, 6.07) is 12.9. The molecule has 0 aliphatic heterocycles. The molecule has 0 atom stereocenters. The molecule has 160 valence electrons. The second-order valence-electron chi connectivity index (χ2n) is 7.16. The first kappa shape index (κ1) is 22.5. The van der Waals surface area contributed by atoms with Crippen LogP contribution in [0, 0.1) is 5.92 Å². The predicted molar refractivity (Wildman–Crippen MR) is 119 cm³/mol. The Kier molecular flexibility index (Phi) is 7.63. The van der Waals surface area contributed by atoms with Gasteiger partial charge in [-0.15, -0.1) is 0 Å². The summed E-state index contributed by atoms with van der Waals surface area (Å²) in [5.41, 5.74) is 1.09. The Morgan fingerprint density at radius 3 is 2.20 bits per heavy atom. The minimum atomic E-state index is -3.63. The average molecular weight is 494 g/mol. The first-order chi connectivity index (χ1) is 14.3. The van der Waals surface area contributed by atoms with Gasteiger partial charge in [0.15, 0.2) is 0 Å². The summed E-state index contributed by atoms with van der Waals surface area (Å²) < 4.78 is 27.7. The maximum atomic E-state index is 12.2. The molecule has 2 aromatic carbocycles. The van der Waals surface area contributed by atoms with Crippen molar-refractivity contribution in [1.29, 1.82) is 0 Å². The predicted octanol–water partition coefficient (Wildman–Crippen LogP) is 3.29. The van der Waals surface area contributed by atoms with Crippen LogP contribution in [0.1, 0.15) is 36.0 Å². The van der Waals surface area contributed by atoms with E-state index in [4.69, 9.17) is 0 Å². The van der Waals surface area contributed by atoms with Crippen molar-refractivity contribution in [2.45, 2.75) is 30.6 Å². The highest BCUT2D eigenvalue weighted by Crippen LogP contribution is 2.26. The summed E-state index contributed by atoms with van der Waals surface area (Å²) in [6.07, 6.45) is 4.04. The van der Waals surface area contributed by atoms with E-state index in [1.807, 2.05) is 0 Å². The third-order valence-corrected chi connectivity index (χ3v) is 6.97. The van der Waals surface area contributed by atoms with Gasteiger partial charge in [0.1, 0.15) is 0 Å². The number of rotatable bonds is 8. The zero-order chi connectivity index (χ0) is 21.6. The molecule has 0 heterocycles. The first-order valence-corrected chi connectivity index (χ1v) is 12.1. The molecule has 0 radical (unpaired) electrons. The second kappa shape index (κ2) is 10.2. The molecule has 7 nitrogen and oxygen atoms in total. The molecule has 1 fully saturated rings. The number of amides is 2. The van der Waals surface area contributed by atoms with Crippen LogP contribution in [-0.2, 0) is 14.8 Å². The quantitative estimate of drug-likeness (QED) is 0.490. The van der Waals surface area contributed by atoms with E-state index in [9.17, 15) is 18.0 Å². The maximum absolute atomic E-state index is 12.2. The van der Waals surface area contributed by atoms with Gasteiger partial charge in [0.2, 0.25) is 15.9 Å². The van der Waals surface area contributed by atoms with Gasteiger partial charge in [-0.3, -0.25) is 9.59 Å².